The summed E-state index contributed by atoms with van der Waals surface area (Å²) in [5.41, 5.74) is 1.20. The number of benzene rings is 1. The molecule has 1 aromatic heterocycles. The second-order valence-corrected chi connectivity index (χ2v) is 6.31. The Bertz CT molecular complexity index is 795. The van der Waals surface area contributed by atoms with E-state index in [2.05, 4.69) is 10.3 Å². The van der Waals surface area contributed by atoms with Crippen LogP contribution in [0.15, 0.2) is 23.0 Å². The Morgan fingerprint density at radius 3 is 2.96 bits per heavy atom. The molecule has 5 nitrogen and oxygen atoms in total. The van der Waals surface area contributed by atoms with E-state index in [9.17, 15) is 9.59 Å². The molecular formula is C18H23N3O2. The molecule has 0 fully saturated rings. The van der Waals surface area contributed by atoms with Crippen molar-refractivity contribution in [3.8, 4) is 0 Å². The summed E-state index contributed by atoms with van der Waals surface area (Å²) in [6.07, 6.45) is 4.92. The highest BCUT2D eigenvalue weighted by Gasteiger charge is 2.15. The number of rotatable bonds is 3. The minimum Gasteiger partial charge on any atom is -0.350 e. The monoisotopic (exact) mass is 313 g/mol. The van der Waals surface area contributed by atoms with Gasteiger partial charge >= 0.3 is 0 Å². The first-order valence-electron chi connectivity index (χ1n) is 8.44. The number of amides is 1. The van der Waals surface area contributed by atoms with E-state index in [-0.39, 0.29) is 17.5 Å². The lowest BCUT2D eigenvalue weighted by Crippen LogP contribution is -2.32. The number of hydrogen-bond acceptors (Lipinski definition) is 3. The summed E-state index contributed by atoms with van der Waals surface area (Å²) in [6, 6.07) is 5.31. The van der Waals surface area contributed by atoms with Crippen LogP contribution in [0.2, 0.25) is 0 Å². The zero-order valence-electron chi connectivity index (χ0n) is 13.8. The predicted molar refractivity (Wildman–Crippen MR) is 90.8 cm³/mol. The fourth-order valence-electron chi connectivity index (χ4n) is 2.97. The van der Waals surface area contributed by atoms with Gasteiger partial charge in [0.05, 0.1) is 10.9 Å². The van der Waals surface area contributed by atoms with Gasteiger partial charge in [-0.05, 0) is 44.4 Å². The Kier molecular flexibility index (Phi) is 4.46. The molecule has 0 radical (unpaired) electrons. The van der Waals surface area contributed by atoms with Gasteiger partial charge in [0, 0.05) is 24.6 Å². The van der Waals surface area contributed by atoms with Crippen LogP contribution in [0, 0.1) is 0 Å². The largest absolute Gasteiger partial charge is 0.350 e. The number of carbonyl (C=O) groups excluding carboxylic acids is 1. The van der Waals surface area contributed by atoms with E-state index in [4.69, 9.17) is 0 Å². The van der Waals surface area contributed by atoms with E-state index >= 15 is 0 Å². The van der Waals surface area contributed by atoms with E-state index in [1.165, 1.54) is 0 Å². The third-order valence-electron chi connectivity index (χ3n) is 4.57. The molecule has 5 heteroatoms. The van der Waals surface area contributed by atoms with Crippen LogP contribution in [-0.4, -0.2) is 21.5 Å². The Hall–Kier alpha value is -2.17. The number of nitrogens with zero attached hydrogens (tertiary/aromatic N) is 2. The van der Waals surface area contributed by atoms with Crippen LogP contribution in [0.3, 0.4) is 0 Å². The molecule has 0 aliphatic carbocycles. The molecule has 0 spiro atoms. The molecule has 1 N–H and O–H groups in total. The SMILES string of the molecule is CC[C@@H](C)NC(=O)c1ccc2c(=O)n3c(nc2c1)CCCCC3. The maximum absolute atomic E-state index is 12.7. The Labute approximate surface area is 135 Å². The van der Waals surface area contributed by atoms with E-state index in [0.717, 1.165) is 44.5 Å². The van der Waals surface area contributed by atoms with Gasteiger partial charge in [0.25, 0.3) is 11.5 Å². The highest BCUT2D eigenvalue weighted by Crippen LogP contribution is 2.16. The van der Waals surface area contributed by atoms with Crippen molar-refractivity contribution >= 4 is 16.8 Å². The second kappa shape index (κ2) is 6.52. The molecule has 0 unspecified atom stereocenters. The number of aromatic nitrogens is 2. The molecular weight excluding hydrogens is 290 g/mol. The van der Waals surface area contributed by atoms with Crippen molar-refractivity contribution in [1.29, 1.82) is 0 Å². The Balaban J connectivity index is 2.03. The fraction of sp³-hybridized carbons (Fsp3) is 0.500. The Morgan fingerprint density at radius 1 is 1.35 bits per heavy atom. The van der Waals surface area contributed by atoms with Gasteiger partial charge in [-0.1, -0.05) is 13.3 Å². The summed E-state index contributed by atoms with van der Waals surface area (Å²) >= 11 is 0. The molecule has 1 atom stereocenters. The first kappa shape index (κ1) is 15.7. The zero-order chi connectivity index (χ0) is 16.4. The van der Waals surface area contributed by atoms with Gasteiger partial charge < -0.3 is 5.32 Å². The maximum atomic E-state index is 12.7. The number of fused-ring (bicyclic) bond motifs is 2. The topological polar surface area (TPSA) is 64.0 Å². The summed E-state index contributed by atoms with van der Waals surface area (Å²) in [4.78, 5) is 29.6. The number of aryl methyl sites for hydroxylation is 1. The van der Waals surface area contributed by atoms with Crippen LogP contribution < -0.4 is 10.9 Å². The Morgan fingerprint density at radius 2 is 2.17 bits per heavy atom. The average Bonchev–Trinajstić information content (AvgIpc) is 2.80. The molecule has 2 heterocycles. The second-order valence-electron chi connectivity index (χ2n) is 6.31. The third kappa shape index (κ3) is 3.14. The molecule has 1 aliphatic rings. The first-order valence-corrected chi connectivity index (χ1v) is 8.44. The lowest BCUT2D eigenvalue weighted by atomic mass is 10.1. The number of carbonyl (C=O) groups is 1. The smallest absolute Gasteiger partial charge is 0.261 e. The highest BCUT2D eigenvalue weighted by molar-refractivity contribution is 5.97. The number of hydrogen-bond donors (Lipinski definition) is 1. The van der Waals surface area contributed by atoms with Crippen LogP contribution in [0.5, 0.6) is 0 Å². The van der Waals surface area contributed by atoms with E-state index in [1.54, 1.807) is 22.8 Å². The van der Waals surface area contributed by atoms with Gasteiger partial charge in [-0.15, -0.1) is 0 Å². The molecule has 1 aromatic carbocycles. The lowest BCUT2D eigenvalue weighted by molar-refractivity contribution is 0.0939. The van der Waals surface area contributed by atoms with Crippen LogP contribution in [-0.2, 0) is 13.0 Å². The highest BCUT2D eigenvalue weighted by atomic mass is 16.1. The standard InChI is InChI=1S/C18H23N3O2/c1-3-12(2)19-17(22)13-8-9-14-15(11-13)20-16-7-5-4-6-10-21(16)18(14)23/h8-9,11-12H,3-7,10H2,1-2H3,(H,19,22)/t12-/m1/s1. The maximum Gasteiger partial charge on any atom is 0.261 e. The molecule has 23 heavy (non-hydrogen) atoms. The van der Waals surface area contributed by atoms with Crippen LogP contribution in [0.1, 0.15) is 55.7 Å². The summed E-state index contributed by atoms with van der Waals surface area (Å²) in [5.74, 6) is 0.734. The van der Waals surface area contributed by atoms with Gasteiger partial charge in [0.2, 0.25) is 0 Å². The quantitative estimate of drug-likeness (QED) is 0.947. The molecule has 2 aromatic rings. The molecule has 1 amide bonds. The normalized spacial score (nSPS) is 15.7. The van der Waals surface area contributed by atoms with Crippen molar-refractivity contribution in [2.24, 2.45) is 0 Å². The molecule has 0 bridgehead atoms. The van der Waals surface area contributed by atoms with Gasteiger partial charge in [0.15, 0.2) is 0 Å². The summed E-state index contributed by atoms with van der Waals surface area (Å²) in [7, 11) is 0. The van der Waals surface area contributed by atoms with Crippen molar-refractivity contribution in [2.45, 2.75) is 58.5 Å². The molecule has 0 saturated heterocycles. The minimum absolute atomic E-state index is 0.0146. The van der Waals surface area contributed by atoms with Crippen LogP contribution >= 0.6 is 0 Å². The summed E-state index contributed by atoms with van der Waals surface area (Å²) in [5, 5.41) is 3.54. The molecule has 122 valence electrons. The zero-order valence-corrected chi connectivity index (χ0v) is 13.8. The van der Waals surface area contributed by atoms with Crippen molar-refractivity contribution in [1.82, 2.24) is 14.9 Å². The first-order chi connectivity index (χ1) is 11.1. The summed E-state index contributed by atoms with van der Waals surface area (Å²) < 4.78 is 1.80. The van der Waals surface area contributed by atoms with Crippen LogP contribution in [0.25, 0.3) is 10.9 Å². The van der Waals surface area contributed by atoms with Crippen molar-refractivity contribution in [2.75, 3.05) is 0 Å². The minimum atomic E-state index is -0.113. The third-order valence-corrected chi connectivity index (χ3v) is 4.57. The van der Waals surface area contributed by atoms with Crippen molar-refractivity contribution < 1.29 is 4.79 Å². The van der Waals surface area contributed by atoms with Crippen molar-refractivity contribution in [3.05, 3.63) is 39.9 Å². The van der Waals surface area contributed by atoms with E-state index in [0.29, 0.717) is 16.5 Å². The molecule has 1 aliphatic heterocycles. The fourth-order valence-corrected chi connectivity index (χ4v) is 2.97. The van der Waals surface area contributed by atoms with Gasteiger partial charge in [-0.2, -0.15) is 0 Å². The average molecular weight is 313 g/mol. The van der Waals surface area contributed by atoms with Gasteiger partial charge in [-0.25, -0.2) is 4.98 Å². The molecule has 0 saturated carbocycles. The van der Waals surface area contributed by atoms with Crippen molar-refractivity contribution in [3.63, 3.8) is 0 Å². The summed E-state index contributed by atoms with van der Waals surface area (Å²) in [6.45, 7) is 4.75. The predicted octanol–water partition coefficient (Wildman–Crippen LogP) is 2.65. The lowest BCUT2D eigenvalue weighted by Gasteiger charge is -2.13. The van der Waals surface area contributed by atoms with E-state index < -0.39 is 0 Å². The number of nitrogens with one attached hydrogen (secondary N) is 1. The molecule has 3 rings (SSSR count). The van der Waals surface area contributed by atoms with Crippen LogP contribution in [0.4, 0.5) is 0 Å². The van der Waals surface area contributed by atoms with E-state index in [1.807, 2.05) is 13.8 Å². The van der Waals surface area contributed by atoms with Gasteiger partial charge in [-0.3, -0.25) is 14.2 Å². The van der Waals surface area contributed by atoms with Gasteiger partial charge in [0.1, 0.15) is 5.82 Å².